The van der Waals surface area contributed by atoms with Gasteiger partial charge in [-0.25, -0.2) is 9.78 Å². The van der Waals surface area contributed by atoms with Crippen molar-refractivity contribution < 1.29 is 9.90 Å². The van der Waals surface area contributed by atoms with Gasteiger partial charge in [0.1, 0.15) is 10.5 Å². The average molecular weight is 354 g/mol. The largest absolute Gasteiger partial charge is 0.465 e. The number of carbonyl (C=O) groups is 1. The van der Waals surface area contributed by atoms with Crippen LogP contribution in [0, 0.1) is 0 Å². The first-order chi connectivity index (χ1) is 12.1. The Morgan fingerprint density at radius 2 is 2.08 bits per heavy atom. The molecule has 7 heteroatoms. The van der Waals surface area contributed by atoms with Crippen molar-refractivity contribution in [3.05, 3.63) is 42.1 Å². The third-order valence-corrected chi connectivity index (χ3v) is 5.44. The fourth-order valence-corrected chi connectivity index (χ4v) is 3.66. The van der Waals surface area contributed by atoms with Gasteiger partial charge in [-0.2, -0.15) is 0 Å². The van der Waals surface area contributed by atoms with Crippen molar-refractivity contribution in [3.8, 4) is 11.3 Å². The number of fused-ring (bicyclic) bond motifs is 1. The van der Waals surface area contributed by atoms with Crippen LogP contribution in [-0.4, -0.2) is 32.4 Å². The molecule has 1 aromatic carbocycles. The van der Waals surface area contributed by atoms with Gasteiger partial charge < -0.3 is 15.4 Å². The van der Waals surface area contributed by atoms with Gasteiger partial charge in [0, 0.05) is 5.69 Å². The highest BCUT2D eigenvalue weighted by molar-refractivity contribution is 7.98. The van der Waals surface area contributed by atoms with Gasteiger partial charge in [-0.15, -0.1) is 11.8 Å². The molecule has 0 spiro atoms. The standard InChI is InChI=1S/C18H18N4O2S/c1-25-15-10-19-14-9-13(20-16(14)21-15)11-3-5-12(6-4-11)18(7-2-8-18)22-17(23)24/h3-6,9-10,22H,2,7-8H2,1H3,(H,20,21)(H,23,24). The molecule has 0 atom stereocenters. The maximum absolute atomic E-state index is 11.1. The minimum absolute atomic E-state index is 0.429. The summed E-state index contributed by atoms with van der Waals surface area (Å²) in [5.74, 6) is 0. The first-order valence-corrected chi connectivity index (χ1v) is 9.34. The van der Waals surface area contributed by atoms with E-state index in [0.717, 1.165) is 52.3 Å². The third-order valence-electron chi connectivity index (χ3n) is 4.82. The molecule has 1 saturated carbocycles. The Morgan fingerprint density at radius 3 is 2.68 bits per heavy atom. The first-order valence-electron chi connectivity index (χ1n) is 8.11. The highest BCUT2D eigenvalue weighted by atomic mass is 32.2. The highest BCUT2D eigenvalue weighted by Crippen LogP contribution is 2.41. The topological polar surface area (TPSA) is 90.9 Å². The van der Waals surface area contributed by atoms with Gasteiger partial charge in [-0.05, 0) is 42.7 Å². The van der Waals surface area contributed by atoms with Crippen LogP contribution >= 0.6 is 11.8 Å². The van der Waals surface area contributed by atoms with Crippen LogP contribution in [0.5, 0.6) is 0 Å². The van der Waals surface area contributed by atoms with Crippen molar-refractivity contribution in [2.75, 3.05) is 6.26 Å². The molecule has 3 N–H and O–H groups in total. The first kappa shape index (κ1) is 16.0. The molecule has 3 aromatic rings. The molecule has 0 bridgehead atoms. The van der Waals surface area contributed by atoms with Crippen LogP contribution in [0.2, 0.25) is 0 Å². The normalized spacial score (nSPS) is 15.7. The smallest absolute Gasteiger partial charge is 0.405 e. The summed E-state index contributed by atoms with van der Waals surface area (Å²) in [5.41, 5.74) is 4.17. The number of aromatic amines is 1. The van der Waals surface area contributed by atoms with Gasteiger partial charge in [0.25, 0.3) is 0 Å². The molecule has 6 nitrogen and oxygen atoms in total. The Bertz CT molecular complexity index is 932. The van der Waals surface area contributed by atoms with Crippen LogP contribution in [0.15, 0.2) is 41.6 Å². The van der Waals surface area contributed by atoms with Gasteiger partial charge in [0.2, 0.25) is 0 Å². The van der Waals surface area contributed by atoms with E-state index in [1.165, 1.54) is 0 Å². The molecular formula is C18H18N4O2S. The molecule has 2 aromatic heterocycles. The summed E-state index contributed by atoms with van der Waals surface area (Å²) in [6.45, 7) is 0. The van der Waals surface area contributed by atoms with Crippen LogP contribution in [0.3, 0.4) is 0 Å². The van der Waals surface area contributed by atoms with Crippen LogP contribution in [0.1, 0.15) is 24.8 Å². The van der Waals surface area contributed by atoms with E-state index in [1.807, 2.05) is 36.6 Å². The maximum Gasteiger partial charge on any atom is 0.405 e. The monoisotopic (exact) mass is 354 g/mol. The lowest BCUT2D eigenvalue weighted by Crippen LogP contribution is -2.50. The lowest BCUT2D eigenvalue weighted by atomic mass is 9.72. The minimum Gasteiger partial charge on any atom is -0.465 e. The molecule has 1 amide bonds. The van der Waals surface area contributed by atoms with Crippen LogP contribution in [-0.2, 0) is 5.54 Å². The molecule has 2 heterocycles. The zero-order chi connectivity index (χ0) is 17.4. The number of aromatic nitrogens is 3. The van der Waals surface area contributed by atoms with Crippen molar-refractivity contribution in [1.29, 1.82) is 0 Å². The van der Waals surface area contributed by atoms with Crippen molar-refractivity contribution in [2.24, 2.45) is 0 Å². The second-order valence-corrected chi connectivity index (χ2v) is 7.10. The highest BCUT2D eigenvalue weighted by Gasteiger charge is 2.40. The van der Waals surface area contributed by atoms with Crippen molar-refractivity contribution in [2.45, 2.75) is 29.8 Å². The quantitative estimate of drug-likeness (QED) is 0.616. The fourth-order valence-electron chi connectivity index (χ4n) is 3.32. The SMILES string of the molecule is CSc1cnc2cc(-c3ccc(C4(NC(=O)O)CCC4)cc3)[nH]c2n1. The number of rotatable bonds is 4. The third kappa shape index (κ3) is 2.84. The van der Waals surface area contributed by atoms with E-state index in [-0.39, 0.29) is 0 Å². The van der Waals surface area contributed by atoms with E-state index < -0.39 is 11.6 Å². The van der Waals surface area contributed by atoms with Crippen molar-refractivity contribution in [1.82, 2.24) is 20.3 Å². The molecule has 1 aliphatic carbocycles. The second kappa shape index (κ2) is 6.07. The lowest BCUT2D eigenvalue weighted by molar-refractivity contribution is 0.144. The zero-order valence-electron chi connectivity index (χ0n) is 13.7. The van der Waals surface area contributed by atoms with E-state index in [0.29, 0.717) is 0 Å². The molecule has 0 unspecified atom stereocenters. The molecule has 128 valence electrons. The second-order valence-electron chi connectivity index (χ2n) is 6.27. The number of H-pyrrole nitrogens is 1. The van der Waals surface area contributed by atoms with Crippen molar-refractivity contribution >= 4 is 29.0 Å². The molecule has 25 heavy (non-hydrogen) atoms. The summed E-state index contributed by atoms with van der Waals surface area (Å²) in [5, 5.41) is 12.7. The summed E-state index contributed by atoms with van der Waals surface area (Å²) < 4.78 is 0. The van der Waals surface area contributed by atoms with E-state index in [2.05, 4.69) is 20.3 Å². The molecular weight excluding hydrogens is 336 g/mol. The van der Waals surface area contributed by atoms with Crippen molar-refractivity contribution in [3.63, 3.8) is 0 Å². The maximum atomic E-state index is 11.1. The predicted molar refractivity (Wildman–Crippen MR) is 97.8 cm³/mol. The van der Waals surface area contributed by atoms with Gasteiger partial charge in [-0.3, -0.25) is 4.98 Å². The van der Waals surface area contributed by atoms with E-state index >= 15 is 0 Å². The van der Waals surface area contributed by atoms with Crippen LogP contribution in [0.25, 0.3) is 22.4 Å². The Labute approximate surface area is 149 Å². The van der Waals surface area contributed by atoms with E-state index in [1.54, 1.807) is 18.0 Å². The van der Waals surface area contributed by atoms with Gasteiger partial charge in [0.05, 0.1) is 11.7 Å². The number of hydrogen-bond donors (Lipinski definition) is 3. The number of nitrogens with zero attached hydrogens (tertiary/aromatic N) is 2. The summed E-state index contributed by atoms with van der Waals surface area (Å²) in [4.78, 5) is 23.3. The summed E-state index contributed by atoms with van der Waals surface area (Å²) >= 11 is 1.56. The number of carboxylic acid groups (broad SMARTS) is 1. The number of hydrogen-bond acceptors (Lipinski definition) is 4. The van der Waals surface area contributed by atoms with E-state index in [4.69, 9.17) is 5.11 Å². The molecule has 1 fully saturated rings. The van der Waals surface area contributed by atoms with Gasteiger partial charge in [-0.1, -0.05) is 24.3 Å². The molecule has 1 aliphatic rings. The van der Waals surface area contributed by atoms with Crippen LogP contribution < -0.4 is 5.32 Å². The average Bonchev–Trinajstić information content (AvgIpc) is 3.01. The Kier molecular flexibility index (Phi) is 3.88. The molecule has 0 radical (unpaired) electrons. The predicted octanol–water partition coefficient (Wildman–Crippen LogP) is 3.99. The lowest BCUT2D eigenvalue weighted by Gasteiger charge is -2.42. The number of thioether (sulfide) groups is 1. The number of benzene rings is 1. The molecule has 4 rings (SSSR count). The molecule has 0 saturated heterocycles. The summed E-state index contributed by atoms with van der Waals surface area (Å²) in [6, 6.07) is 10.0. The number of nitrogens with one attached hydrogen (secondary N) is 2. The Hall–Kier alpha value is -2.54. The Morgan fingerprint density at radius 1 is 1.32 bits per heavy atom. The minimum atomic E-state index is -0.971. The van der Waals surface area contributed by atoms with Gasteiger partial charge in [0.15, 0.2) is 5.65 Å². The zero-order valence-corrected chi connectivity index (χ0v) is 14.6. The van der Waals surface area contributed by atoms with Gasteiger partial charge >= 0.3 is 6.09 Å². The summed E-state index contributed by atoms with van der Waals surface area (Å²) in [7, 11) is 0. The molecule has 0 aliphatic heterocycles. The summed E-state index contributed by atoms with van der Waals surface area (Å²) in [6.07, 6.45) is 5.50. The fraction of sp³-hybridized carbons (Fsp3) is 0.278. The van der Waals surface area contributed by atoms with Crippen LogP contribution in [0.4, 0.5) is 4.79 Å². The Balaban J connectivity index is 1.65. The van der Waals surface area contributed by atoms with E-state index in [9.17, 15) is 4.79 Å². The number of amides is 1.